The summed E-state index contributed by atoms with van der Waals surface area (Å²) in [6.07, 6.45) is 1.74. The molecule has 1 aromatic heterocycles. The number of aliphatic hydroxyl groups excluding tert-OH is 1. The van der Waals surface area contributed by atoms with Crippen molar-refractivity contribution >= 4 is 0 Å². The number of nitrogens with zero attached hydrogens (tertiary/aromatic N) is 4. The second-order valence-corrected chi connectivity index (χ2v) is 6.11. The molecule has 0 unspecified atom stereocenters. The van der Waals surface area contributed by atoms with Crippen LogP contribution in [0.5, 0.6) is 0 Å². The second kappa shape index (κ2) is 6.80. The van der Waals surface area contributed by atoms with E-state index in [0.717, 1.165) is 51.5 Å². The Balaban J connectivity index is 1.62. The maximum absolute atomic E-state index is 10.4. The summed E-state index contributed by atoms with van der Waals surface area (Å²) in [4.78, 5) is 4.62. The van der Waals surface area contributed by atoms with Crippen molar-refractivity contribution in [2.45, 2.75) is 32.2 Å². The molecular weight excluding hydrogens is 280 g/mol. The fourth-order valence-electron chi connectivity index (χ4n) is 3.51. The quantitative estimate of drug-likeness (QED) is 0.864. The zero-order valence-corrected chi connectivity index (χ0v) is 13.1. The van der Waals surface area contributed by atoms with Crippen molar-refractivity contribution in [3.8, 4) is 6.07 Å². The lowest BCUT2D eigenvalue weighted by atomic mass is 10.1. The zero-order chi connectivity index (χ0) is 15.5. The van der Waals surface area contributed by atoms with Gasteiger partial charge in [-0.2, -0.15) is 5.26 Å². The number of aromatic nitrogens is 1. The van der Waals surface area contributed by atoms with Gasteiger partial charge >= 0.3 is 0 Å². The molecule has 1 aromatic rings. The molecule has 1 N–H and O–H groups in total. The monoisotopic (exact) mass is 304 g/mol. The predicted octanol–water partition coefficient (Wildman–Crippen LogP) is 0.257. The van der Waals surface area contributed by atoms with Crippen molar-refractivity contribution in [1.82, 2.24) is 14.4 Å². The number of rotatable bonds is 4. The van der Waals surface area contributed by atoms with Gasteiger partial charge in [-0.3, -0.25) is 9.80 Å². The minimum atomic E-state index is -0.304. The highest BCUT2D eigenvalue weighted by atomic mass is 16.5. The van der Waals surface area contributed by atoms with Gasteiger partial charge in [0.1, 0.15) is 11.8 Å². The minimum Gasteiger partial charge on any atom is -0.390 e. The van der Waals surface area contributed by atoms with Crippen LogP contribution in [0.25, 0.3) is 0 Å². The lowest BCUT2D eigenvalue weighted by Crippen LogP contribution is -2.48. The Hall–Kier alpha value is -1.39. The van der Waals surface area contributed by atoms with E-state index in [0.29, 0.717) is 12.2 Å². The van der Waals surface area contributed by atoms with Crippen molar-refractivity contribution in [2.75, 3.05) is 39.4 Å². The van der Waals surface area contributed by atoms with E-state index in [4.69, 9.17) is 10.00 Å². The van der Waals surface area contributed by atoms with Gasteiger partial charge in [0.25, 0.3) is 0 Å². The summed E-state index contributed by atoms with van der Waals surface area (Å²) in [6.45, 7) is 8.53. The Kier molecular flexibility index (Phi) is 4.79. The van der Waals surface area contributed by atoms with Gasteiger partial charge < -0.3 is 14.4 Å². The number of β-amino-alcohol motifs (C(OH)–C–C–N with tert-alkyl or cyclic N) is 1. The molecule has 0 amide bonds. The molecule has 0 saturated carbocycles. The number of likely N-dealkylation sites (tertiary alicyclic amines) is 1. The normalized spacial score (nSPS) is 27.1. The first kappa shape index (κ1) is 15.5. The maximum atomic E-state index is 10.4. The first-order valence-electron chi connectivity index (χ1n) is 8.02. The molecule has 3 rings (SSSR count). The highest BCUT2D eigenvalue weighted by molar-refractivity contribution is 5.28. The van der Waals surface area contributed by atoms with Crippen molar-refractivity contribution in [2.24, 2.45) is 0 Å². The van der Waals surface area contributed by atoms with Crippen LogP contribution in [-0.4, -0.2) is 71.0 Å². The van der Waals surface area contributed by atoms with E-state index in [2.05, 4.69) is 15.9 Å². The molecule has 120 valence electrons. The fourth-order valence-corrected chi connectivity index (χ4v) is 3.51. The van der Waals surface area contributed by atoms with Crippen LogP contribution >= 0.6 is 0 Å². The highest BCUT2D eigenvalue weighted by Gasteiger charge is 2.36. The minimum absolute atomic E-state index is 0.201. The standard InChI is InChI=1S/C16H24N4O2/c1-2-19-10-13(7-14(19)8-17)9-18-11-15(16(21)12-18)20-3-5-22-6-4-20/h7,10,15-16,21H,2-6,9,11-12H2,1H3/t15-,16-/m0/s1. The molecule has 2 saturated heterocycles. The van der Waals surface area contributed by atoms with E-state index >= 15 is 0 Å². The molecular formula is C16H24N4O2. The Morgan fingerprint density at radius 1 is 1.36 bits per heavy atom. The van der Waals surface area contributed by atoms with E-state index in [1.807, 2.05) is 23.8 Å². The van der Waals surface area contributed by atoms with Gasteiger partial charge in [-0.1, -0.05) is 0 Å². The first-order valence-corrected chi connectivity index (χ1v) is 8.02. The number of ether oxygens (including phenoxy) is 1. The number of aliphatic hydroxyl groups is 1. The Morgan fingerprint density at radius 3 is 2.77 bits per heavy atom. The van der Waals surface area contributed by atoms with Crippen molar-refractivity contribution in [1.29, 1.82) is 5.26 Å². The number of hydrogen-bond acceptors (Lipinski definition) is 5. The van der Waals surface area contributed by atoms with E-state index in [1.54, 1.807) is 0 Å². The summed E-state index contributed by atoms with van der Waals surface area (Å²) >= 11 is 0. The third-order valence-electron chi connectivity index (χ3n) is 4.66. The van der Waals surface area contributed by atoms with Crippen LogP contribution in [0.3, 0.4) is 0 Å². The molecule has 0 radical (unpaired) electrons. The van der Waals surface area contributed by atoms with Gasteiger partial charge in [-0.25, -0.2) is 0 Å². The van der Waals surface area contributed by atoms with Crippen LogP contribution in [0.2, 0.25) is 0 Å². The number of aryl methyl sites for hydroxylation is 1. The van der Waals surface area contributed by atoms with Gasteiger partial charge in [0.05, 0.1) is 19.3 Å². The van der Waals surface area contributed by atoms with Crippen molar-refractivity contribution in [3.63, 3.8) is 0 Å². The van der Waals surface area contributed by atoms with E-state index in [9.17, 15) is 5.11 Å². The Bertz CT molecular complexity index is 545. The lowest BCUT2D eigenvalue weighted by molar-refractivity contribution is -0.00618. The van der Waals surface area contributed by atoms with E-state index < -0.39 is 0 Å². The molecule has 6 nitrogen and oxygen atoms in total. The number of morpholine rings is 1. The fraction of sp³-hybridized carbons (Fsp3) is 0.688. The summed E-state index contributed by atoms with van der Waals surface area (Å²) < 4.78 is 7.36. The molecule has 2 fully saturated rings. The summed E-state index contributed by atoms with van der Waals surface area (Å²) in [5, 5.41) is 19.5. The molecule has 0 bridgehead atoms. The average Bonchev–Trinajstić information content (AvgIpc) is 3.11. The van der Waals surface area contributed by atoms with Crippen LogP contribution in [0.15, 0.2) is 12.3 Å². The van der Waals surface area contributed by atoms with Crippen LogP contribution in [-0.2, 0) is 17.8 Å². The van der Waals surface area contributed by atoms with Gasteiger partial charge in [-0.15, -0.1) is 0 Å². The van der Waals surface area contributed by atoms with Gasteiger partial charge in [0.2, 0.25) is 0 Å². The largest absolute Gasteiger partial charge is 0.390 e. The lowest BCUT2D eigenvalue weighted by Gasteiger charge is -2.33. The van der Waals surface area contributed by atoms with Crippen molar-refractivity contribution in [3.05, 3.63) is 23.5 Å². The predicted molar refractivity (Wildman–Crippen MR) is 82.3 cm³/mol. The zero-order valence-electron chi connectivity index (χ0n) is 13.1. The smallest absolute Gasteiger partial charge is 0.120 e. The Labute approximate surface area is 131 Å². The molecule has 0 aromatic carbocycles. The van der Waals surface area contributed by atoms with Crippen LogP contribution < -0.4 is 0 Å². The third kappa shape index (κ3) is 3.18. The van der Waals surface area contributed by atoms with Crippen LogP contribution in [0, 0.1) is 11.3 Å². The van der Waals surface area contributed by atoms with Gasteiger partial charge in [-0.05, 0) is 18.6 Å². The summed E-state index contributed by atoms with van der Waals surface area (Å²) in [5.74, 6) is 0. The Morgan fingerprint density at radius 2 is 2.14 bits per heavy atom. The van der Waals surface area contributed by atoms with Crippen LogP contribution in [0.1, 0.15) is 18.2 Å². The molecule has 2 aliphatic rings. The molecule has 2 atom stereocenters. The summed E-state index contributed by atoms with van der Waals surface area (Å²) in [5.41, 5.74) is 1.86. The summed E-state index contributed by atoms with van der Waals surface area (Å²) in [6, 6.07) is 4.39. The molecule has 0 aliphatic carbocycles. The molecule has 22 heavy (non-hydrogen) atoms. The SMILES string of the molecule is CCn1cc(CN2C[C@H](O)[C@@H](N3CCOCC3)C2)cc1C#N. The second-order valence-electron chi connectivity index (χ2n) is 6.11. The highest BCUT2D eigenvalue weighted by Crippen LogP contribution is 2.20. The molecule has 3 heterocycles. The van der Waals surface area contributed by atoms with Crippen LogP contribution in [0.4, 0.5) is 0 Å². The number of nitriles is 1. The third-order valence-corrected chi connectivity index (χ3v) is 4.66. The molecule has 2 aliphatic heterocycles. The first-order chi connectivity index (χ1) is 10.7. The maximum Gasteiger partial charge on any atom is 0.120 e. The molecule has 0 spiro atoms. The van der Waals surface area contributed by atoms with Gasteiger partial charge in [0.15, 0.2) is 0 Å². The number of hydrogen-bond donors (Lipinski definition) is 1. The topological polar surface area (TPSA) is 64.7 Å². The summed E-state index contributed by atoms with van der Waals surface area (Å²) in [7, 11) is 0. The average molecular weight is 304 g/mol. The van der Waals surface area contributed by atoms with Gasteiger partial charge in [0, 0.05) is 51.5 Å². The molecule has 6 heteroatoms. The van der Waals surface area contributed by atoms with Crippen molar-refractivity contribution < 1.29 is 9.84 Å². The van der Waals surface area contributed by atoms with E-state index in [-0.39, 0.29) is 12.1 Å². The van der Waals surface area contributed by atoms with E-state index in [1.165, 1.54) is 0 Å².